The second-order valence-corrected chi connectivity index (χ2v) is 7.16. The van der Waals surface area contributed by atoms with Crippen molar-refractivity contribution in [2.75, 3.05) is 13.2 Å². The van der Waals surface area contributed by atoms with Crippen LogP contribution >= 0.6 is 31.9 Å². The van der Waals surface area contributed by atoms with Gasteiger partial charge in [-0.15, -0.1) is 0 Å². The summed E-state index contributed by atoms with van der Waals surface area (Å²) in [6.45, 7) is -0.587. The SMILES string of the molecule is O=C(O)COc1cc(/C=C2\COc3c(Br)cc(CBr)cc3C2=O)ccc1F. The minimum absolute atomic E-state index is 0.0702. The lowest BCUT2D eigenvalue weighted by molar-refractivity contribution is -0.139. The van der Waals surface area contributed by atoms with Gasteiger partial charge in [0.1, 0.15) is 12.4 Å². The summed E-state index contributed by atoms with van der Waals surface area (Å²) in [6.07, 6.45) is 1.58. The van der Waals surface area contributed by atoms with Gasteiger partial charge in [0.05, 0.1) is 10.0 Å². The lowest BCUT2D eigenvalue weighted by Gasteiger charge is -2.21. The molecule has 0 bridgehead atoms. The van der Waals surface area contributed by atoms with Crippen molar-refractivity contribution >= 4 is 49.7 Å². The van der Waals surface area contributed by atoms with Gasteiger partial charge in [0.15, 0.2) is 24.0 Å². The third kappa shape index (κ3) is 4.39. The number of carboxylic acids is 1. The van der Waals surface area contributed by atoms with E-state index in [9.17, 15) is 14.0 Å². The van der Waals surface area contributed by atoms with E-state index in [1.165, 1.54) is 12.1 Å². The van der Waals surface area contributed by atoms with Gasteiger partial charge in [-0.2, -0.15) is 0 Å². The highest BCUT2D eigenvalue weighted by atomic mass is 79.9. The van der Waals surface area contributed by atoms with Crippen molar-refractivity contribution in [1.29, 1.82) is 0 Å². The molecule has 0 radical (unpaired) electrons. The topological polar surface area (TPSA) is 72.8 Å². The maximum Gasteiger partial charge on any atom is 0.341 e. The van der Waals surface area contributed by atoms with Crippen molar-refractivity contribution in [3.63, 3.8) is 0 Å². The highest BCUT2D eigenvalue weighted by molar-refractivity contribution is 9.10. The summed E-state index contributed by atoms with van der Waals surface area (Å²) in [6, 6.07) is 7.62. The van der Waals surface area contributed by atoms with Gasteiger partial charge in [0.25, 0.3) is 0 Å². The van der Waals surface area contributed by atoms with E-state index in [2.05, 4.69) is 31.9 Å². The van der Waals surface area contributed by atoms with Gasteiger partial charge in [-0.25, -0.2) is 9.18 Å². The number of rotatable bonds is 5. The Morgan fingerprint density at radius 3 is 2.81 bits per heavy atom. The highest BCUT2D eigenvalue weighted by Crippen LogP contribution is 2.36. The Labute approximate surface area is 171 Å². The minimum Gasteiger partial charge on any atom is -0.487 e. The van der Waals surface area contributed by atoms with Crippen LogP contribution in [0.3, 0.4) is 0 Å². The molecular weight excluding hydrogens is 487 g/mol. The molecule has 0 unspecified atom stereocenters. The summed E-state index contributed by atoms with van der Waals surface area (Å²) in [5.41, 5.74) is 2.27. The zero-order valence-electron chi connectivity index (χ0n) is 13.8. The molecule has 0 saturated carbocycles. The molecule has 2 aromatic carbocycles. The third-order valence-corrected chi connectivity index (χ3v) is 5.05. The number of carbonyl (C=O) groups excluding carboxylic acids is 1. The molecule has 0 amide bonds. The van der Waals surface area contributed by atoms with Crippen molar-refractivity contribution in [1.82, 2.24) is 0 Å². The van der Waals surface area contributed by atoms with Gasteiger partial charge < -0.3 is 14.6 Å². The second kappa shape index (κ2) is 8.22. The summed E-state index contributed by atoms with van der Waals surface area (Å²) in [5, 5.41) is 9.25. The third-order valence-electron chi connectivity index (χ3n) is 3.81. The van der Waals surface area contributed by atoms with E-state index < -0.39 is 18.4 Å². The molecule has 0 saturated heterocycles. The van der Waals surface area contributed by atoms with Crippen LogP contribution in [-0.2, 0) is 10.1 Å². The van der Waals surface area contributed by atoms with E-state index in [0.29, 0.717) is 32.3 Å². The first-order valence-corrected chi connectivity index (χ1v) is 9.71. The van der Waals surface area contributed by atoms with Crippen molar-refractivity contribution in [3.8, 4) is 11.5 Å². The van der Waals surface area contributed by atoms with Crippen LogP contribution in [0.5, 0.6) is 11.5 Å². The minimum atomic E-state index is -1.21. The van der Waals surface area contributed by atoms with Gasteiger partial charge in [-0.1, -0.05) is 22.0 Å². The summed E-state index contributed by atoms with van der Waals surface area (Å²) in [7, 11) is 0. The van der Waals surface area contributed by atoms with E-state index in [1.54, 1.807) is 12.1 Å². The number of ketones is 1. The average Bonchev–Trinajstić information content (AvgIpc) is 2.64. The number of carboxylic acid groups (broad SMARTS) is 1. The van der Waals surface area contributed by atoms with Gasteiger partial charge in [0.2, 0.25) is 0 Å². The smallest absolute Gasteiger partial charge is 0.341 e. The van der Waals surface area contributed by atoms with Crippen molar-refractivity contribution in [2.24, 2.45) is 0 Å². The molecule has 0 aliphatic carbocycles. The number of hydrogen-bond donors (Lipinski definition) is 1. The standard InChI is InChI=1S/C19H13Br2FO5/c20-7-11-4-13-18(25)12(8-27-19(13)14(21)5-11)3-10-1-2-15(22)16(6-10)26-9-17(23)24/h1-6H,7-9H2,(H,23,24)/b12-3+. The summed E-state index contributed by atoms with van der Waals surface area (Å²) >= 11 is 6.78. The lowest BCUT2D eigenvalue weighted by Crippen LogP contribution is -2.19. The number of benzene rings is 2. The predicted octanol–water partition coefficient (Wildman–Crippen LogP) is 4.61. The maximum atomic E-state index is 13.8. The molecule has 2 aromatic rings. The number of fused-ring (bicyclic) bond motifs is 1. The molecule has 0 atom stereocenters. The van der Waals surface area contributed by atoms with Crippen molar-refractivity contribution in [2.45, 2.75) is 5.33 Å². The number of carbonyl (C=O) groups is 2. The highest BCUT2D eigenvalue weighted by Gasteiger charge is 2.26. The quantitative estimate of drug-likeness (QED) is 0.480. The fourth-order valence-corrected chi connectivity index (χ4v) is 3.54. The Morgan fingerprint density at radius 1 is 1.33 bits per heavy atom. The number of ether oxygens (including phenoxy) is 2. The molecule has 0 aromatic heterocycles. The Hall–Kier alpha value is -2.19. The first kappa shape index (κ1) is 19.6. The van der Waals surface area contributed by atoms with Crippen molar-refractivity contribution < 1.29 is 28.6 Å². The van der Waals surface area contributed by atoms with E-state index in [1.807, 2.05) is 6.07 Å². The van der Waals surface area contributed by atoms with Crippen LogP contribution in [0.4, 0.5) is 4.39 Å². The van der Waals surface area contributed by atoms with E-state index in [-0.39, 0.29) is 18.1 Å². The van der Waals surface area contributed by atoms with Gasteiger partial charge in [0, 0.05) is 10.9 Å². The fraction of sp³-hybridized carbons (Fsp3) is 0.158. The monoisotopic (exact) mass is 498 g/mol. The van der Waals surface area contributed by atoms with Gasteiger partial charge >= 0.3 is 5.97 Å². The van der Waals surface area contributed by atoms with E-state index in [0.717, 1.165) is 11.6 Å². The van der Waals surface area contributed by atoms with Crippen LogP contribution < -0.4 is 9.47 Å². The van der Waals surface area contributed by atoms with E-state index in [4.69, 9.17) is 14.6 Å². The first-order chi connectivity index (χ1) is 12.9. The Balaban J connectivity index is 1.92. The Bertz CT molecular complexity index is 955. The fourth-order valence-electron chi connectivity index (χ4n) is 2.60. The number of aliphatic carboxylic acids is 1. The molecule has 1 heterocycles. The molecule has 5 nitrogen and oxygen atoms in total. The normalized spacial score (nSPS) is 14.6. The van der Waals surface area contributed by atoms with Crippen molar-refractivity contribution in [3.05, 3.63) is 62.9 Å². The summed E-state index contributed by atoms with van der Waals surface area (Å²) < 4.78 is 25.1. The molecular formula is C19H13Br2FO5. The first-order valence-electron chi connectivity index (χ1n) is 7.79. The van der Waals surface area contributed by atoms with Crippen LogP contribution in [0.2, 0.25) is 0 Å². The maximum absolute atomic E-state index is 13.8. The number of alkyl halides is 1. The zero-order chi connectivity index (χ0) is 19.6. The van der Waals surface area contributed by atoms with Crippen LogP contribution in [0.15, 0.2) is 40.4 Å². The molecule has 0 fully saturated rings. The zero-order valence-corrected chi connectivity index (χ0v) is 17.0. The molecule has 8 heteroatoms. The van der Waals surface area contributed by atoms with Crippen LogP contribution in [-0.4, -0.2) is 30.1 Å². The van der Waals surface area contributed by atoms with E-state index >= 15 is 0 Å². The molecule has 3 rings (SSSR count). The van der Waals surface area contributed by atoms with Gasteiger partial charge in [-0.05, 0) is 57.4 Å². The summed E-state index contributed by atoms with van der Waals surface area (Å²) in [5.74, 6) is -1.77. The van der Waals surface area contributed by atoms with Crippen LogP contribution in [0.1, 0.15) is 21.5 Å². The predicted molar refractivity (Wildman–Crippen MR) is 104 cm³/mol. The summed E-state index contributed by atoms with van der Waals surface area (Å²) in [4.78, 5) is 23.4. The van der Waals surface area contributed by atoms with Crippen LogP contribution in [0, 0.1) is 5.82 Å². The Kier molecular flexibility index (Phi) is 5.96. The van der Waals surface area contributed by atoms with Gasteiger partial charge in [-0.3, -0.25) is 4.79 Å². The molecule has 0 spiro atoms. The second-order valence-electron chi connectivity index (χ2n) is 5.75. The largest absolute Gasteiger partial charge is 0.487 e. The molecule has 1 aliphatic rings. The average molecular weight is 500 g/mol. The lowest BCUT2D eigenvalue weighted by atomic mass is 9.97. The molecule has 27 heavy (non-hydrogen) atoms. The number of halogens is 3. The molecule has 1 aliphatic heterocycles. The molecule has 1 N–H and O–H groups in total. The number of hydrogen-bond acceptors (Lipinski definition) is 4. The Morgan fingerprint density at radius 2 is 2.11 bits per heavy atom. The number of Topliss-reactive ketones (excluding diaryl/α,β-unsaturated/α-hetero) is 1. The molecule has 140 valence electrons. The van der Waals surface area contributed by atoms with Crippen LogP contribution in [0.25, 0.3) is 6.08 Å².